The fourth-order valence-corrected chi connectivity index (χ4v) is 1.71. The van der Waals surface area contributed by atoms with E-state index in [1.54, 1.807) is 0 Å². The lowest BCUT2D eigenvalue weighted by molar-refractivity contribution is -0.117. The Morgan fingerprint density at radius 3 is 2.80 bits per heavy atom. The number of hydrogen-bond donors (Lipinski definition) is 2. The molecule has 1 rings (SSSR count). The monoisotopic (exact) mass is 334 g/mol. The van der Waals surface area contributed by atoms with Crippen molar-refractivity contribution < 1.29 is 4.79 Å². The molecule has 3 N–H and O–H groups in total. The van der Waals surface area contributed by atoms with Gasteiger partial charge in [0.25, 0.3) is 0 Å². The van der Waals surface area contributed by atoms with Crippen molar-refractivity contribution >= 4 is 43.5 Å². The van der Waals surface area contributed by atoms with Crippen LogP contribution in [-0.2, 0) is 4.79 Å². The van der Waals surface area contributed by atoms with E-state index < -0.39 is 6.04 Å². The Morgan fingerprint density at radius 1 is 1.53 bits per heavy atom. The molecule has 0 spiro atoms. The third kappa shape index (κ3) is 3.59. The van der Waals surface area contributed by atoms with Gasteiger partial charge in [0.1, 0.15) is 0 Å². The molecule has 0 aliphatic heterocycles. The van der Waals surface area contributed by atoms with Gasteiger partial charge >= 0.3 is 0 Å². The molecule has 0 saturated heterocycles. The highest BCUT2D eigenvalue weighted by Gasteiger charge is 2.12. The zero-order valence-corrected chi connectivity index (χ0v) is 11.4. The van der Waals surface area contributed by atoms with Crippen LogP contribution in [0.3, 0.4) is 0 Å². The number of nitrogens with two attached hydrogens (primary N) is 1. The molecule has 82 valence electrons. The van der Waals surface area contributed by atoms with Gasteiger partial charge in [-0.2, -0.15) is 0 Å². The first-order valence-corrected chi connectivity index (χ1v) is 6.14. The van der Waals surface area contributed by atoms with Gasteiger partial charge in [0.05, 0.1) is 11.7 Å². The zero-order valence-electron chi connectivity index (χ0n) is 8.26. The molecule has 1 unspecified atom stereocenters. The molecule has 0 saturated carbocycles. The molecule has 0 fully saturated rings. The number of hydrogen-bond acceptors (Lipinski definition) is 2. The molecule has 3 nitrogen and oxygen atoms in total. The highest BCUT2D eigenvalue weighted by atomic mass is 79.9. The Labute approximate surface area is 106 Å². The van der Waals surface area contributed by atoms with Crippen LogP contribution in [0.5, 0.6) is 0 Å². The van der Waals surface area contributed by atoms with Gasteiger partial charge < -0.3 is 11.1 Å². The Morgan fingerprint density at radius 2 is 2.20 bits per heavy atom. The maximum absolute atomic E-state index is 11.5. The van der Waals surface area contributed by atoms with Crippen LogP contribution in [0.1, 0.15) is 13.3 Å². The number of carbonyl (C=O) groups excluding carboxylic acids is 1. The SMILES string of the molecule is CCC(N)C(=O)Nc1cc(Br)ccc1Br. The maximum Gasteiger partial charge on any atom is 0.241 e. The van der Waals surface area contributed by atoms with Gasteiger partial charge in [0.2, 0.25) is 5.91 Å². The van der Waals surface area contributed by atoms with Crippen LogP contribution >= 0.6 is 31.9 Å². The highest BCUT2D eigenvalue weighted by molar-refractivity contribution is 9.11. The first-order chi connectivity index (χ1) is 7.04. The predicted octanol–water partition coefficient (Wildman–Crippen LogP) is 2.89. The average Bonchev–Trinajstić information content (AvgIpc) is 2.22. The van der Waals surface area contributed by atoms with E-state index in [1.165, 1.54) is 0 Å². The Hall–Kier alpha value is -0.390. The van der Waals surface area contributed by atoms with Gasteiger partial charge in [-0.25, -0.2) is 0 Å². The number of benzene rings is 1. The Kier molecular flexibility index (Phi) is 4.76. The number of anilines is 1. The van der Waals surface area contributed by atoms with Crippen molar-refractivity contribution in [1.29, 1.82) is 0 Å². The quantitative estimate of drug-likeness (QED) is 0.892. The summed E-state index contributed by atoms with van der Waals surface area (Å²) in [5.41, 5.74) is 6.33. The van der Waals surface area contributed by atoms with E-state index >= 15 is 0 Å². The van der Waals surface area contributed by atoms with Crippen molar-refractivity contribution in [2.45, 2.75) is 19.4 Å². The van der Waals surface area contributed by atoms with Crippen LogP contribution in [0.2, 0.25) is 0 Å². The molecule has 15 heavy (non-hydrogen) atoms. The van der Waals surface area contributed by atoms with Crippen molar-refractivity contribution in [1.82, 2.24) is 0 Å². The normalized spacial score (nSPS) is 12.3. The van der Waals surface area contributed by atoms with Gasteiger partial charge in [-0.1, -0.05) is 22.9 Å². The minimum absolute atomic E-state index is 0.170. The molecule has 0 aromatic heterocycles. The number of halogens is 2. The van der Waals surface area contributed by atoms with E-state index in [-0.39, 0.29) is 5.91 Å². The maximum atomic E-state index is 11.5. The summed E-state index contributed by atoms with van der Waals surface area (Å²) >= 11 is 6.69. The summed E-state index contributed by atoms with van der Waals surface area (Å²) in [6, 6.07) is 5.11. The first-order valence-electron chi connectivity index (χ1n) is 4.56. The molecule has 1 aromatic carbocycles. The van der Waals surface area contributed by atoms with Crippen LogP contribution < -0.4 is 11.1 Å². The van der Waals surface area contributed by atoms with Gasteiger partial charge in [-0.3, -0.25) is 4.79 Å². The first kappa shape index (κ1) is 12.7. The molecule has 1 atom stereocenters. The molecule has 0 heterocycles. The summed E-state index contributed by atoms with van der Waals surface area (Å²) in [5, 5.41) is 2.76. The topological polar surface area (TPSA) is 55.1 Å². The summed E-state index contributed by atoms with van der Waals surface area (Å²) in [6.07, 6.45) is 0.622. The summed E-state index contributed by atoms with van der Waals surface area (Å²) in [7, 11) is 0. The van der Waals surface area contributed by atoms with E-state index in [9.17, 15) is 4.79 Å². The Balaban J connectivity index is 2.80. The molecule has 0 radical (unpaired) electrons. The highest BCUT2D eigenvalue weighted by Crippen LogP contribution is 2.26. The minimum atomic E-state index is -0.462. The van der Waals surface area contributed by atoms with E-state index in [0.717, 1.165) is 14.6 Å². The van der Waals surface area contributed by atoms with E-state index in [4.69, 9.17) is 5.73 Å². The van der Waals surface area contributed by atoms with Gasteiger partial charge in [0, 0.05) is 8.95 Å². The second kappa shape index (κ2) is 5.63. The number of carbonyl (C=O) groups is 1. The lowest BCUT2D eigenvalue weighted by Crippen LogP contribution is -2.34. The summed E-state index contributed by atoms with van der Waals surface area (Å²) in [5.74, 6) is -0.170. The molecule has 1 amide bonds. The van der Waals surface area contributed by atoms with Crippen molar-refractivity contribution in [2.24, 2.45) is 5.73 Å². The van der Waals surface area contributed by atoms with Crippen molar-refractivity contribution in [3.8, 4) is 0 Å². The van der Waals surface area contributed by atoms with Crippen molar-refractivity contribution in [3.05, 3.63) is 27.1 Å². The smallest absolute Gasteiger partial charge is 0.241 e. The summed E-state index contributed by atoms with van der Waals surface area (Å²) < 4.78 is 1.74. The van der Waals surface area contributed by atoms with Gasteiger partial charge in [-0.05, 0) is 40.5 Å². The zero-order chi connectivity index (χ0) is 11.4. The molecule has 0 aliphatic carbocycles. The van der Waals surface area contributed by atoms with Gasteiger partial charge in [-0.15, -0.1) is 0 Å². The standard InChI is InChI=1S/C10H12Br2N2O/c1-2-8(13)10(15)14-9-5-6(11)3-4-7(9)12/h3-5,8H,2,13H2,1H3,(H,14,15). The van der Waals surface area contributed by atoms with Gasteiger partial charge in [0.15, 0.2) is 0 Å². The predicted molar refractivity (Wildman–Crippen MR) is 68.7 cm³/mol. The van der Waals surface area contributed by atoms with Crippen LogP contribution in [-0.4, -0.2) is 11.9 Å². The number of rotatable bonds is 3. The molecule has 0 aliphatic rings. The number of amides is 1. The second-order valence-corrected chi connectivity index (χ2v) is 4.90. The average molecular weight is 336 g/mol. The Bertz CT molecular complexity index is 368. The molecular formula is C10H12Br2N2O. The third-order valence-electron chi connectivity index (χ3n) is 1.96. The molecule has 0 bridgehead atoms. The second-order valence-electron chi connectivity index (χ2n) is 3.13. The van der Waals surface area contributed by atoms with Crippen LogP contribution in [0.25, 0.3) is 0 Å². The fraction of sp³-hybridized carbons (Fsp3) is 0.300. The molecule has 5 heteroatoms. The largest absolute Gasteiger partial charge is 0.324 e. The van der Waals surface area contributed by atoms with Crippen molar-refractivity contribution in [3.63, 3.8) is 0 Å². The lowest BCUT2D eigenvalue weighted by Gasteiger charge is -2.11. The lowest BCUT2D eigenvalue weighted by atomic mass is 10.2. The summed E-state index contributed by atoms with van der Waals surface area (Å²) in [6.45, 7) is 1.88. The molecule has 1 aromatic rings. The van der Waals surface area contributed by atoms with E-state index in [0.29, 0.717) is 6.42 Å². The van der Waals surface area contributed by atoms with Crippen LogP contribution in [0.4, 0.5) is 5.69 Å². The van der Waals surface area contributed by atoms with Crippen molar-refractivity contribution in [2.75, 3.05) is 5.32 Å². The molecular weight excluding hydrogens is 324 g/mol. The third-order valence-corrected chi connectivity index (χ3v) is 3.15. The summed E-state index contributed by atoms with van der Waals surface area (Å²) in [4.78, 5) is 11.5. The van der Waals surface area contributed by atoms with Crippen LogP contribution in [0, 0.1) is 0 Å². The van der Waals surface area contributed by atoms with E-state index in [1.807, 2.05) is 25.1 Å². The minimum Gasteiger partial charge on any atom is -0.324 e. The number of nitrogens with one attached hydrogen (secondary N) is 1. The van der Waals surface area contributed by atoms with E-state index in [2.05, 4.69) is 37.2 Å². The fourth-order valence-electron chi connectivity index (χ4n) is 1.00. The van der Waals surface area contributed by atoms with Crippen LogP contribution in [0.15, 0.2) is 27.1 Å².